The second-order valence-electron chi connectivity index (χ2n) is 4.72. The largest absolute Gasteiger partial charge is 0.207 e. The molecule has 0 spiro atoms. The molecule has 0 fully saturated rings. The maximum Gasteiger partial charge on any atom is 0.126 e. The molecular weight excluding hydrogens is 282 g/mol. The Morgan fingerprint density at radius 3 is 2.47 bits per heavy atom. The van der Waals surface area contributed by atoms with Gasteiger partial charge >= 0.3 is 0 Å². The van der Waals surface area contributed by atoms with E-state index in [-0.39, 0.29) is 11.2 Å². The van der Waals surface area contributed by atoms with E-state index in [9.17, 15) is 4.39 Å². The smallest absolute Gasteiger partial charge is 0.126 e. The average Bonchev–Trinajstić information content (AvgIpc) is 2.36. The summed E-state index contributed by atoms with van der Waals surface area (Å²) in [5.41, 5.74) is 3.66. The first kappa shape index (κ1) is 14.4. The minimum Gasteiger partial charge on any atom is -0.207 e. The molecule has 100 valence electrons. The van der Waals surface area contributed by atoms with Crippen molar-refractivity contribution in [2.24, 2.45) is 0 Å². The van der Waals surface area contributed by atoms with Crippen molar-refractivity contribution in [3.8, 4) is 0 Å². The Morgan fingerprint density at radius 1 is 1.11 bits per heavy atom. The van der Waals surface area contributed by atoms with Crippen LogP contribution in [0.15, 0.2) is 36.4 Å². The predicted molar refractivity (Wildman–Crippen MR) is 79.6 cm³/mol. The fourth-order valence-electron chi connectivity index (χ4n) is 2.11. The molecule has 2 aromatic rings. The van der Waals surface area contributed by atoms with E-state index < -0.39 is 0 Å². The molecule has 1 unspecified atom stereocenters. The monoisotopic (exact) mass is 296 g/mol. The number of rotatable bonds is 3. The van der Waals surface area contributed by atoms with E-state index in [2.05, 4.69) is 0 Å². The van der Waals surface area contributed by atoms with Crippen LogP contribution in [0.4, 0.5) is 4.39 Å². The second-order valence-corrected chi connectivity index (χ2v) is 5.66. The zero-order valence-electron chi connectivity index (χ0n) is 10.9. The lowest BCUT2D eigenvalue weighted by Crippen LogP contribution is -2.01. The Balaban J connectivity index is 2.28. The fraction of sp³-hybridized carbons (Fsp3) is 0.250. The minimum atomic E-state index is -0.257. The van der Waals surface area contributed by atoms with Gasteiger partial charge in [-0.25, -0.2) is 4.39 Å². The third-order valence-corrected chi connectivity index (χ3v) is 4.04. The summed E-state index contributed by atoms with van der Waals surface area (Å²) in [6.07, 6.45) is 0.468. The molecule has 0 aliphatic carbocycles. The van der Waals surface area contributed by atoms with Gasteiger partial charge in [0.15, 0.2) is 0 Å². The molecule has 0 amide bonds. The van der Waals surface area contributed by atoms with E-state index >= 15 is 0 Å². The van der Waals surface area contributed by atoms with Gasteiger partial charge in [-0.1, -0.05) is 35.9 Å². The van der Waals surface area contributed by atoms with Crippen LogP contribution in [0.1, 0.15) is 27.6 Å². The third kappa shape index (κ3) is 3.29. The lowest BCUT2D eigenvalue weighted by Gasteiger charge is -2.15. The Bertz CT molecular complexity index is 593. The number of hydrogen-bond acceptors (Lipinski definition) is 0. The van der Waals surface area contributed by atoms with E-state index in [1.807, 2.05) is 32.0 Å². The standard InChI is InChI=1S/C16H15Cl2F/c1-10-8-14(17)11(2)7-13(10)15(18)9-12-5-3-4-6-16(12)19/h3-8,15H,9H2,1-2H3. The molecule has 0 saturated carbocycles. The molecule has 19 heavy (non-hydrogen) atoms. The zero-order chi connectivity index (χ0) is 14.0. The Hall–Kier alpha value is -1.05. The first-order valence-electron chi connectivity index (χ1n) is 6.13. The molecule has 0 aliphatic heterocycles. The van der Waals surface area contributed by atoms with Crippen LogP contribution < -0.4 is 0 Å². The summed E-state index contributed by atoms with van der Waals surface area (Å²) in [5, 5.41) is 0.476. The summed E-state index contributed by atoms with van der Waals surface area (Å²) >= 11 is 12.5. The summed E-state index contributed by atoms with van der Waals surface area (Å²) in [6, 6.07) is 10.6. The van der Waals surface area contributed by atoms with Gasteiger partial charge in [-0.2, -0.15) is 0 Å². The molecule has 0 aliphatic rings. The highest BCUT2D eigenvalue weighted by atomic mass is 35.5. The van der Waals surface area contributed by atoms with Gasteiger partial charge in [-0.05, 0) is 54.7 Å². The van der Waals surface area contributed by atoms with E-state index in [0.717, 1.165) is 21.7 Å². The molecular formula is C16H15Cl2F. The van der Waals surface area contributed by atoms with Gasteiger partial charge in [0.1, 0.15) is 5.82 Å². The Kier molecular flexibility index (Phi) is 4.49. The van der Waals surface area contributed by atoms with Crippen molar-refractivity contribution in [1.29, 1.82) is 0 Å². The number of alkyl halides is 1. The van der Waals surface area contributed by atoms with Crippen LogP contribution in [0.5, 0.6) is 0 Å². The van der Waals surface area contributed by atoms with E-state index in [0.29, 0.717) is 12.0 Å². The van der Waals surface area contributed by atoms with Gasteiger partial charge in [-0.3, -0.25) is 0 Å². The van der Waals surface area contributed by atoms with Crippen molar-refractivity contribution in [2.75, 3.05) is 0 Å². The third-order valence-electron chi connectivity index (χ3n) is 3.24. The SMILES string of the molecule is Cc1cc(C(Cl)Cc2ccccc2F)c(C)cc1Cl. The normalized spacial score (nSPS) is 12.5. The molecule has 0 bridgehead atoms. The van der Waals surface area contributed by atoms with Gasteiger partial charge < -0.3 is 0 Å². The molecule has 0 aromatic heterocycles. The molecule has 0 N–H and O–H groups in total. The van der Waals surface area contributed by atoms with Crippen LogP contribution >= 0.6 is 23.2 Å². The highest BCUT2D eigenvalue weighted by Crippen LogP contribution is 2.31. The van der Waals surface area contributed by atoms with E-state index in [4.69, 9.17) is 23.2 Å². The van der Waals surface area contributed by atoms with Gasteiger partial charge in [-0.15, -0.1) is 11.6 Å². The lowest BCUT2D eigenvalue weighted by atomic mass is 9.98. The molecule has 3 heteroatoms. The topological polar surface area (TPSA) is 0 Å². The average molecular weight is 297 g/mol. The molecule has 0 heterocycles. The summed E-state index contributed by atoms with van der Waals surface area (Å²) in [6.45, 7) is 3.91. The lowest BCUT2D eigenvalue weighted by molar-refractivity contribution is 0.607. The predicted octanol–water partition coefficient (Wildman–Crippen LogP) is 5.62. The van der Waals surface area contributed by atoms with Crippen LogP contribution in [0.3, 0.4) is 0 Å². The molecule has 2 aromatic carbocycles. The van der Waals surface area contributed by atoms with Crippen LogP contribution in [-0.2, 0) is 6.42 Å². The summed E-state index contributed by atoms with van der Waals surface area (Å²) in [5.74, 6) is -0.212. The molecule has 1 atom stereocenters. The van der Waals surface area contributed by atoms with Crippen molar-refractivity contribution in [1.82, 2.24) is 0 Å². The van der Waals surface area contributed by atoms with Crippen molar-refractivity contribution in [3.05, 3.63) is 69.5 Å². The number of aryl methyl sites for hydroxylation is 2. The maximum atomic E-state index is 13.6. The summed E-state index contributed by atoms with van der Waals surface area (Å²) in [7, 11) is 0. The number of halogens is 3. The van der Waals surface area contributed by atoms with Gasteiger partial charge in [0.25, 0.3) is 0 Å². The van der Waals surface area contributed by atoms with Crippen LogP contribution in [-0.4, -0.2) is 0 Å². The van der Waals surface area contributed by atoms with Crippen LogP contribution in [0.2, 0.25) is 5.02 Å². The van der Waals surface area contributed by atoms with Crippen molar-refractivity contribution >= 4 is 23.2 Å². The van der Waals surface area contributed by atoms with Crippen molar-refractivity contribution in [2.45, 2.75) is 25.6 Å². The van der Waals surface area contributed by atoms with Crippen LogP contribution in [0, 0.1) is 19.7 Å². The highest BCUT2D eigenvalue weighted by Gasteiger charge is 2.15. The molecule has 0 saturated heterocycles. The Labute approximate surface area is 123 Å². The molecule has 2 rings (SSSR count). The highest BCUT2D eigenvalue weighted by molar-refractivity contribution is 6.31. The van der Waals surface area contributed by atoms with Gasteiger partial charge in [0.2, 0.25) is 0 Å². The van der Waals surface area contributed by atoms with E-state index in [1.54, 1.807) is 12.1 Å². The quantitative estimate of drug-likeness (QED) is 0.645. The second kappa shape index (κ2) is 5.94. The Morgan fingerprint density at radius 2 is 1.79 bits per heavy atom. The van der Waals surface area contributed by atoms with Gasteiger partial charge in [0, 0.05) is 5.02 Å². The fourth-order valence-corrected chi connectivity index (χ4v) is 2.73. The molecule has 0 nitrogen and oxygen atoms in total. The minimum absolute atomic E-state index is 0.212. The zero-order valence-corrected chi connectivity index (χ0v) is 12.4. The molecule has 0 radical (unpaired) electrons. The van der Waals surface area contributed by atoms with Crippen molar-refractivity contribution < 1.29 is 4.39 Å². The first-order chi connectivity index (χ1) is 8.99. The summed E-state index contributed by atoms with van der Waals surface area (Å²) < 4.78 is 13.6. The summed E-state index contributed by atoms with van der Waals surface area (Å²) in [4.78, 5) is 0. The first-order valence-corrected chi connectivity index (χ1v) is 6.94. The number of benzene rings is 2. The maximum absolute atomic E-state index is 13.6. The van der Waals surface area contributed by atoms with Gasteiger partial charge in [0.05, 0.1) is 5.38 Å². The van der Waals surface area contributed by atoms with E-state index in [1.165, 1.54) is 6.07 Å². The van der Waals surface area contributed by atoms with Crippen molar-refractivity contribution in [3.63, 3.8) is 0 Å². The number of hydrogen-bond donors (Lipinski definition) is 0. The van der Waals surface area contributed by atoms with Crippen LogP contribution in [0.25, 0.3) is 0 Å².